The van der Waals surface area contributed by atoms with Gasteiger partial charge in [-0.25, -0.2) is 8.42 Å². The van der Waals surface area contributed by atoms with Gasteiger partial charge in [-0.1, -0.05) is 81.4 Å². The van der Waals surface area contributed by atoms with Crippen molar-refractivity contribution in [3.8, 4) is 11.5 Å². The van der Waals surface area contributed by atoms with Crippen molar-refractivity contribution in [1.82, 2.24) is 25.1 Å². The Morgan fingerprint density at radius 3 is 2.09 bits per heavy atom. The van der Waals surface area contributed by atoms with Gasteiger partial charge in [-0.2, -0.15) is 0 Å². The van der Waals surface area contributed by atoms with Crippen molar-refractivity contribution < 1.29 is 36.7 Å². The highest BCUT2D eigenvalue weighted by Gasteiger charge is 2.40. The lowest BCUT2D eigenvalue weighted by molar-refractivity contribution is 0.0535. The Balaban J connectivity index is 0.866. The van der Waals surface area contributed by atoms with E-state index in [0.29, 0.717) is 64.3 Å². The normalized spacial score (nSPS) is 13.7. The molecule has 8 aromatic rings. The number of hydrogen-bond donors (Lipinski definition) is 4. The van der Waals surface area contributed by atoms with Gasteiger partial charge in [-0.15, -0.1) is 0 Å². The summed E-state index contributed by atoms with van der Waals surface area (Å²) < 4.78 is 47.8. The van der Waals surface area contributed by atoms with E-state index in [1.54, 1.807) is 47.1 Å². The molecule has 5 N–H and O–H groups in total. The van der Waals surface area contributed by atoms with E-state index in [1.807, 2.05) is 72.8 Å². The molecule has 16 nitrogen and oxygen atoms in total. The molecule has 1 saturated heterocycles. The predicted octanol–water partition coefficient (Wildman–Crippen LogP) is 10.9. The molecule has 1 aliphatic rings. The molecule has 9 rings (SSSR count). The summed E-state index contributed by atoms with van der Waals surface area (Å²) in [5.74, 6) is -0.123. The second-order valence-corrected chi connectivity index (χ2v) is 29.8. The lowest BCUT2D eigenvalue weighted by atomic mass is 9.93. The highest BCUT2D eigenvalue weighted by molar-refractivity contribution is 7.91. The van der Waals surface area contributed by atoms with E-state index >= 15 is 0 Å². The van der Waals surface area contributed by atoms with Gasteiger partial charge in [-0.3, -0.25) is 24.2 Å². The van der Waals surface area contributed by atoms with Crippen molar-refractivity contribution in [2.24, 2.45) is 5.73 Å². The second kappa shape index (κ2) is 23.7. The van der Waals surface area contributed by atoms with E-state index in [9.17, 15) is 27.6 Å². The molecule has 0 radical (unpaired) electrons. The number of carbonyl (C=O) groups excluding carboxylic acids is 3. The molecule has 1 fully saturated rings. The van der Waals surface area contributed by atoms with Gasteiger partial charge < -0.3 is 45.1 Å². The number of rotatable bonds is 19. The molecule has 0 aliphatic carbocycles. The number of ether oxygens (including phenoxy) is 2. The third-order valence-electron chi connectivity index (χ3n) is 15.6. The van der Waals surface area contributed by atoms with Crippen LogP contribution in [0.1, 0.15) is 94.1 Å². The number of nitrogens with zero attached hydrogens (tertiary/aromatic N) is 3. The Kier molecular flexibility index (Phi) is 16.9. The van der Waals surface area contributed by atoms with Gasteiger partial charge in [0.2, 0.25) is 15.4 Å². The number of amides is 3. The Labute approximate surface area is 480 Å². The quantitative estimate of drug-likeness (QED) is 0.0557. The zero-order valence-corrected chi connectivity index (χ0v) is 49.7. The number of carbonyl (C=O) groups is 3. The smallest absolute Gasteiger partial charge is 0.254 e. The van der Waals surface area contributed by atoms with Crippen LogP contribution in [0.2, 0.25) is 18.1 Å². The fourth-order valence-corrected chi connectivity index (χ4v) is 12.8. The number of sulfone groups is 1. The van der Waals surface area contributed by atoms with Gasteiger partial charge in [0.1, 0.15) is 18.1 Å². The van der Waals surface area contributed by atoms with E-state index in [4.69, 9.17) is 19.6 Å². The maximum Gasteiger partial charge on any atom is 0.254 e. The van der Waals surface area contributed by atoms with Crippen molar-refractivity contribution >= 4 is 69.1 Å². The average Bonchev–Trinajstić information content (AvgIpc) is 2.50. The summed E-state index contributed by atoms with van der Waals surface area (Å²) in [6.45, 7) is 19.0. The van der Waals surface area contributed by atoms with E-state index in [0.717, 1.165) is 22.1 Å². The molecule has 82 heavy (non-hydrogen) atoms. The molecule has 3 heterocycles. The lowest BCUT2D eigenvalue weighted by Gasteiger charge is -2.40. The minimum absolute atomic E-state index is 0.0620. The summed E-state index contributed by atoms with van der Waals surface area (Å²) >= 11 is 0. The van der Waals surface area contributed by atoms with E-state index in [2.05, 4.69) is 68.3 Å². The maximum atomic E-state index is 14.5. The van der Waals surface area contributed by atoms with Crippen molar-refractivity contribution in [1.29, 1.82) is 0 Å². The number of aromatic nitrogens is 2. The van der Waals surface area contributed by atoms with E-state index in [1.165, 1.54) is 49.7 Å². The highest BCUT2D eigenvalue weighted by atomic mass is 32.2. The predicted molar refractivity (Wildman–Crippen MR) is 324 cm³/mol. The Morgan fingerprint density at radius 2 is 1.41 bits per heavy atom. The highest BCUT2D eigenvalue weighted by Crippen LogP contribution is 2.42. The summed E-state index contributed by atoms with van der Waals surface area (Å²) in [5, 5.41) is 8.16. The Bertz CT molecular complexity index is 3890. The van der Waals surface area contributed by atoms with E-state index in [-0.39, 0.29) is 81.3 Å². The van der Waals surface area contributed by atoms with Crippen LogP contribution in [0.4, 0.5) is 11.4 Å². The van der Waals surface area contributed by atoms with Gasteiger partial charge in [0, 0.05) is 84.2 Å². The van der Waals surface area contributed by atoms with Crippen LogP contribution in [0.15, 0.2) is 160 Å². The van der Waals surface area contributed by atoms with Crippen molar-refractivity contribution in [3.63, 3.8) is 0 Å². The summed E-state index contributed by atoms with van der Waals surface area (Å²) in [4.78, 5) is 64.5. The third-order valence-corrected chi connectivity index (χ3v) is 21.8. The summed E-state index contributed by atoms with van der Waals surface area (Å²) in [6, 6.07) is 40.8. The number of primary amides is 1. The van der Waals surface area contributed by atoms with Crippen LogP contribution >= 0.6 is 0 Å². The van der Waals surface area contributed by atoms with Gasteiger partial charge in [0.15, 0.2) is 8.32 Å². The molecule has 2 aromatic heterocycles. The molecule has 1 unspecified atom stereocenters. The fourth-order valence-electron chi connectivity index (χ4n) is 10.1. The zero-order valence-electron chi connectivity index (χ0n) is 47.9. The number of hydrogen-bond acceptors (Lipinski definition) is 12. The second-order valence-electron chi connectivity index (χ2n) is 23.1. The van der Waals surface area contributed by atoms with Gasteiger partial charge in [-0.05, 0) is 134 Å². The number of piperazine rings is 1. The topological polar surface area (TPSA) is 215 Å². The molecular weight excluding hydrogens is 1070 g/mol. The Hall–Kier alpha value is -8.16. The molecule has 0 spiro atoms. The summed E-state index contributed by atoms with van der Waals surface area (Å²) in [7, 11) is -5.04. The number of H-pyrrole nitrogens is 1. The number of fused-ring (bicyclic) bond motifs is 2. The largest absolute Gasteiger partial charge is 0.497 e. The van der Waals surface area contributed by atoms with Gasteiger partial charge >= 0.3 is 0 Å². The standard InChI is InChI=1S/C64H71N7O9SSi/c1-41-32-49(36-52-57(41)66-38-53(60(65)73)58(52)68-46-21-15-22-47(35-46)78-7)81(76,77)48-23-14-20-45(34-48)62(75)71-30-28-70(29-31-71)61(74)44-19-13-18-43(33-44)37-64(5,6)67-39-55(80-82(8,9)63(2,3)4)50-24-26-54(59-51(50)25-27-56(72)69-59)79-40-42-16-11-10-12-17-42/h10-27,32-36,38,55,67H,28-31,37,39-40H2,1-9H3,(H2,65,73)(H,66,68)(H,69,72). The molecule has 0 saturated carbocycles. The molecule has 426 valence electrons. The van der Waals surface area contributed by atoms with Crippen LogP contribution in [-0.4, -0.2) is 99.6 Å². The lowest BCUT2D eigenvalue weighted by Crippen LogP contribution is -2.50. The fraction of sp³-hybridized carbons (Fsp3) is 0.297. The number of pyridine rings is 2. The van der Waals surface area contributed by atoms with Crippen LogP contribution in [-0.2, 0) is 27.3 Å². The monoisotopic (exact) mass is 1140 g/mol. The number of anilines is 2. The average molecular weight is 1140 g/mol. The number of aromatic amines is 1. The first-order valence-corrected chi connectivity index (χ1v) is 31.7. The first-order valence-electron chi connectivity index (χ1n) is 27.3. The van der Waals surface area contributed by atoms with Gasteiger partial charge in [0.05, 0.1) is 45.3 Å². The third kappa shape index (κ3) is 13.0. The number of nitrogens with one attached hydrogen (secondary N) is 3. The van der Waals surface area contributed by atoms with Crippen LogP contribution < -0.4 is 31.4 Å². The van der Waals surface area contributed by atoms with E-state index < -0.39 is 29.6 Å². The molecule has 18 heteroatoms. The number of aryl methyl sites for hydroxylation is 1. The van der Waals surface area contributed by atoms with Crippen LogP contribution in [0.25, 0.3) is 21.8 Å². The molecule has 3 amide bonds. The van der Waals surface area contributed by atoms with Crippen molar-refractivity contribution in [3.05, 3.63) is 195 Å². The summed E-state index contributed by atoms with van der Waals surface area (Å²) in [6.07, 6.45) is 1.57. The number of methoxy groups -OCH3 is 1. The first-order chi connectivity index (χ1) is 38.9. The minimum Gasteiger partial charge on any atom is -0.497 e. The first kappa shape index (κ1) is 58.5. The van der Waals surface area contributed by atoms with Crippen LogP contribution in [0, 0.1) is 6.92 Å². The minimum atomic E-state index is -4.23. The Morgan fingerprint density at radius 1 is 0.756 bits per heavy atom. The SMILES string of the molecule is COc1cccc(Nc2c(C(N)=O)cnc3c(C)cc(S(=O)(=O)c4cccc(C(=O)N5CCN(C(=O)c6cccc(CC(C)(C)NCC(O[Si](C)(C)C(C)(C)C)c7ccc(OCc8ccccc8)c8[nH]c(=O)ccc78)c6)CC5)c4)cc23)c1. The van der Waals surface area contributed by atoms with Crippen LogP contribution in [0.3, 0.4) is 0 Å². The van der Waals surface area contributed by atoms with Crippen LogP contribution in [0.5, 0.6) is 11.5 Å². The number of benzene rings is 6. The zero-order chi connectivity index (χ0) is 58.7. The van der Waals surface area contributed by atoms with Crippen molar-refractivity contribution in [2.45, 2.75) is 94.1 Å². The molecular formula is C64H71N7O9SSi. The molecule has 0 bridgehead atoms. The molecule has 1 atom stereocenters. The van der Waals surface area contributed by atoms with Crippen molar-refractivity contribution in [2.75, 3.05) is 45.2 Å². The molecule has 6 aromatic carbocycles. The molecule has 1 aliphatic heterocycles. The summed E-state index contributed by atoms with van der Waals surface area (Å²) in [5.41, 5.74) is 11.3. The van der Waals surface area contributed by atoms with Gasteiger partial charge in [0.25, 0.3) is 17.7 Å². The number of nitrogens with two attached hydrogens (primary N) is 1. The maximum absolute atomic E-state index is 14.5.